The molecule has 2 saturated heterocycles. The van der Waals surface area contributed by atoms with Crippen molar-refractivity contribution < 1.29 is 48.3 Å². The first-order valence-corrected chi connectivity index (χ1v) is 16.3. The van der Waals surface area contributed by atoms with E-state index in [-0.39, 0.29) is 36.8 Å². The van der Waals surface area contributed by atoms with Crippen molar-refractivity contribution in [1.82, 2.24) is 18.3 Å². The second-order valence-corrected chi connectivity index (χ2v) is 12.9. The van der Waals surface area contributed by atoms with Crippen molar-refractivity contribution in [2.24, 2.45) is 28.2 Å². The molecule has 0 N–H and O–H groups in total. The molecule has 2 aromatic heterocycles. The predicted octanol–water partition coefficient (Wildman–Crippen LogP) is -0.733. The van der Waals surface area contributed by atoms with E-state index in [4.69, 9.17) is 18.9 Å². The number of aromatic nitrogens is 4. The van der Waals surface area contributed by atoms with E-state index < -0.39 is 80.9 Å². The summed E-state index contributed by atoms with van der Waals surface area (Å²) in [7, 11) is 4.94. The van der Waals surface area contributed by atoms with Gasteiger partial charge in [-0.05, 0) is 49.9 Å². The van der Waals surface area contributed by atoms with Crippen LogP contribution in [-0.2, 0) is 66.3 Å². The topological polar surface area (TPSA) is 239 Å². The molecule has 18 nitrogen and oxygen atoms in total. The number of allylic oxidation sites excluding steroid dienone is 8. The Bertz CT molecular complexity index is 2220. The normalized spacial score (nSPS) is 22.2. The van der Waals surface area contributed by atoms with Crippen LogP contribution in [0.3, 0.4) is 0 Å². The first-order chi connectivity index (χ1) is 25.3. The minimum Gasteiger partial charge on any atom is -0.859 e. The third-order valence-corrected chi connectivity index (χ3v) is 9.11. The summed E-state index contributed by atoms with van der Waals surface area (Å²) < 4.78 is 25.2. The van der Waals surface area contributed by atoms with Crippen molar-refractivity contribution in [3.8, 4) is 11.8 Å². The number of carbonyl (C=O) groups excluding carboxylic acids is 4. The van der Waals surface area contributed by atoms with Gasteiger partial charge in [-0.1, -0.05) is 35.5 Å². The highest BCUT2D eigenvalue weighted by atomic mass is 16.8. The summed E-state index contributed by atoms with van der Waals surface area (Å²) in [4.78, 5) is 100. The lowest BCUT2D eigenvalue weighted by molar-refractivity contribution is -0.291. The van der Waals surface area contributed by atoms with Crippen LogP contribution >= 0.6 is 0 Å². The highest BCUT2D eigenvalue weighted by molar-refractivity contribution is 6.16. The molecule has 4 heterocycles. The fourth-order valence-electron chi connectivity index (χ4n) is 5.75. The lowest BCUT2D eigenvalue weighted by Gasteiger charge is -2.46. The maximum atomic E-state index is 12.9. The van der Waals surface area contributed by atoms with Crippen molar-refractivity contribution in [3.63, 3.8) is 0 Å². The van der Waals surface area contributed by atoms with E-state index in [2.05, 4.69) is 0 Å². The number of carbonyl (C=O) groups is 4. The van der Waals surface area contributed by atoms with Gasteiger partial charge < -0.3 is 38.3 Å². The molecule has 0 aromatic carbocycles. The number of nitrogens with zero attached hydrogens (tertiary/aromatic N) is 4. The van der Waals surface area contributed by atoms with Crippen LogP contribution in [0.5, 0.6) is 11.8 Å². The van der Waals surface area contributed by atoms with E-state index in [9.17, 15) is 48.6 Å². The van der Waals surface area contributed by atoms with Gasteiger partial charge in [0.15, 0.2) is 0 Å². The minimum absolute atomic E-state index is 0.170. The highest BCUT2D eigenvalue weighted by Gasteiger charge is 2.56. The number of hydrogen-bond donors (Lipinski definition) is 0. The SMILES string of the molecule is CC(/C=C/c1c([O-])n(C)c(=O)n(C)c1=O)=C\C=C1C(=O)OC2(CCC3(CC2)OC(=O)C(=C/C=C(C)/C=C/c2c([O-])n(C)c(=O)n(C)c2=O)C(=O)O3)OC1=O. The van der Waals surface area contributed by atoms with Crippen molar-refractivity contribution in [1.29, 1.82) is 0 Å². The van der Waals surface area contributed by atoms with Gasteiger partial charge in [-0.25, -0.2) is 28.8 Å². The fourth-order valence-corrected chi connectivity index (χ4v) is 5.75. The monoisotopic (exact) mass is 746 g/mol. The van der Waals surface area contributed by atoms with E-state index in [0.717, 1.165) is 30.4 Å². The van der Waals surface area contributed by atoms with Crippen molar-refractivity contribution >= 4 is 36.0 Å². The van der Waals surface area contributed by atoms with Crippen LogP contribution < -0.4 is 32.7 Å². The molecule has 284 valence electrons. The number of hydrogen-bond acceptors (Lipinski definition) is 14. The molecule has 0 radical (unpaired) electrons. The molecular weight excluding hydrogens is 712 g/mol. The van der Waals surface area contributed by atoms with Gasteiger partial charge in [0, 0.05) is 65.0 Å². The van der Waals surface area contributed by atoms with Crippen molar-refractivity contribution in [2.45, 2.75) is 51.1 Å². The summed E-state index contributed by atoms with van der Waals surface area (Å²) >= 11 is 0. The summed E-state index contributed by atoms with van der Waals surface area (Å²) in [5, 5.41) is 24.7. The van der Waals surface area contributed by atoms with Crippen LogP contribution in [0.4, 0.5) is 0 Å². The van der Waals surface area contributed by atoms with Gasteiger partial charge in [0.2, 0.25) is 0 Å². The number of esters is 4. The van der Waals surface area contributed by atoms with Crippen LogP contribution in [0, 0.1) is 0 Å². The average molecular weight is 747 g/mol. The Hall–Kier alpha value is -6.72. The maximum absolute atomic E-state index is 12.9. The molecule has 3 fully saturated rings. The van der Waals surface area contributed by atoms with Crippen molar-refractivity contribution in [3.05, 3.63) is 112 Å². The van der Waals surface area contributed by atoms with Crippen LogP contribution in [0.25, 0.3) is 12.2 Å². The highest BCUT2D eigenvalue weighted by Crippen LogP contribution is 2.45. The van der Waals surface area contributed by atoms with Gasteiger partial charge in [0.25, 0.3) is 22.7 Å². The Morgan fingerprint density at radius 3 is 1.13 bits per heavy atom. The van der Waals surface area contributed by atoms with E-state index in [1.165, 1.54) is 64.6 Å². The smallest absolute Gasteiger partial charge is 0.348 e. The molecule has 0 atom stereocenters. The second-order valence-electron chi connectivity index (χ2n) is 12.9. The number of rotatable bonds is 6. The first-order valence-electron chi connectivity index (χ1n) is 16.3. The Labute approximate surface area is 305 Å². The zero-order valence-electron chi connectivity index (χ0n) is 30.0. The largest absolute Gasteiger partial charge is 0.859 e. The quantitative estimate of drug-likeness (QED) is 0.153. The summed E-state index contributed by atoms with van der Waals surface area (Å²) in [6.45, 7) is 3.14. The Kier molecular flexibility index (Phi) is 10.2. The molecule has 2 aromatic rings. The second kappa shape index (κ2) is 14.4. The molecule has 0 amide bonds. The van der Waals surface area contributed by atoms with Gasteiger partial charge in [0.1, 0.15) is 11.1 Å². The minimum atomic E-state index is -1.71. The lowest BCUT2D eigenvalue weighted by atomic mass is 9.87. The van der Waals surface area contributed by atoms with Gasteiger partial charge >= 0.3 is 35.3 Å². The van der Waals surface area contributed by atoms with Crippen molar-refractivity contribution in [2.75, 3.05) is 0 Å². The third-order valence-electron chi connectivity index (χ3n) is 9.11. The van der Waals surface area contributed by atoms with Crippen LogP contribution in [0.2, 0.25) is 0 Å². The molecule has 18 heteroatoms. The summed E-state index contributed by atoms with van der Waals surface area (Å²) in [5.74, 6) is -8.97. The molecule has 3 aliphatic rings. The number of ether oxygens (including phenoxy) is 4. The zero-order chi connectivity index (χ0) is 39.9. The Balaban J connectivity index is 1.22. The summed E-state index contributed by atoms with van der Waals surface area (Å²) in [6.07, 6.45) is 9.54. The van der Waals surface area contributed by atoms with Gasteiger partial charge in [-0.15, -0.1) is 0 Å². The van der Waals surface area contributed by atoms with E-state index in [1.54, 1.807) is 13.8 Å². The van der Waals surface area contributed by atoms with Gasteiger partial charge in [-0.3, -0.25) is 18.7 Å². The van der Waals surface area contributed by atoms with Crippen LogP contribution in [0.15, 0.2) is 77.9 Å². The van der Waals surface area contributed by atoms with E-state index >= 15 is 0 Å². The zero-order valence-corrected chi connectivity index (χ0v) is 30.0. The summed E-state index contributed by atoms with van der Waals surface area (Å²) in [5.41, 5.74) is -3.69. The van der Waals surface area contributed by atoms with Crippen LogP contribution in [0.1, 0.15) is 50.7 Å². The molecule has 1 aliphatic carbocycles. The maximum Gasteiger partial charge on any atom is 0.348 e. The molecule has 0 unspecified atom stereocenters. The predicted molar refractivity (Wildman–Crippen MR) is 183 cm³/mol. The molecule has 1 saturated carbocycles. The average Bonchev–Trinajstić information content (AvgIpc) is 3.12. The van der Waals surface area contributed by atoms with Crippen LogP contribution in [-0.4, -0.2) is 53.7 Å². The molecule has 2 aliphatic heterocycles. The van der Waals surface area contributed by atoms with E-state index in [0.29, 0.717) is 11.1 Å². The molecule has 5 rings (SSSR count). The fraction of sp³-hybridized carbons (Fsp3) is 0.333. The molecule has 54 heavy (non-hydrogen) atoms. The molecular formula is C36H34N4O14-2. The van der Waals surface area contributed by atoms with Gasteiger partial charge in [0.05, 0.1) is 0 Å². The lowest BCUT2D eigenvalue weighted by Crippen LogP contribution is -2.56. The third kappa shape index (κ3) is 7.17. The first kappa shape index (κ1) is 38.5. The van der Waals surface area contributed by atoms with Gasteiger partial charge in [-0.2, -0.15) is 0 Å². The molecule has 2 spiro atoms. The molecule has 0 bridgehead atoms. The standard InChI is InChI=1S/C36H36N4O14/c1-19(7-11-21-25(41)37(3)33(49)38(4)26(21)42)9-13-23-29(45)51-35(52-30(23)46)15-17-36(18-16-35)53-31(47)24(32(48)54-36)14-10-20(2)8-12-22-27(43)39(5)34(50)40(6)28(22)44/h7-14,41,43H,15-18H2,1-6H3/p-2/b11-7+,12-8+,19-9+,20-10+,23-13?,24-14?. The van der Waals surface area contributed by atoms with E-state index in [1.807, 2.05) is 0 Å². The summed E-state index contributed by atoms with van der Waals surface area (Å²) in [6, 6.07) is 0. The Morgan fingerprint density at radius 1 is 0.537 bits per heavy atom. The Morgan fingerprint density at radius 2 is 0.833 bits per heavy atom.